The fraction of sp³-hybridized carbons (Fsp3) is 0.111. The molecule has 0 aliphatic rings. The van der Waals surface area contributed by atoms with Crippen LogP contribution in [0.2, 0.25) is 10.0 Å². The van der Waals surface area contributed by atoms with Gasteiger partial charge in [-0.15, -0.1) is 10.2 Å². The van der Waals surface area contributed by atoms with Gasteiger partial charge < -0.3 is 10.6 Å². The van der Waals surface area contributed by atoms with Crippen molar-refractivity contribution in [1.82, 2.24) is 35.7 Å². The van der Waals surface area contributed by atoms with Gasteiger partial charge in [0.1, 0.15) is 5.69 Å². The summed E-state index contributed by atoms with van der Waals surface area (Å²) in [6.07, 6.45) is -4.57. The van der Waals surface area contributed by atoms with Crippen LogP contribution in [-0.2, 0) is 19.3 Å². The fourth-order valence-electron chi connectivity index (χ4n) is 3.94. The molecule has 0 unspecified atom stereocenters. The maximum absolute atomic E-state index is 13.3. The number of nitrogens with one attached hydrogen (secondary N) is 3. The Hall–Kier alpha value is -4.75. The number of nitrogens with zero attached hydrogens (tertiary/aromatic N) is 5. The molecular weight excluding hydrogens is 596 g/mol. The van der Waals surface area contributed by atoms with E-state index in [2.05, 4.69) is 36.4 Å². The fourth-order valence-corrected chi connectivity index (χ4v) is 4.24. The van der Waals surface area contributed by atoms with E-state index >= 15 is 0 Å². The van der Waals surface area contributed by atoms with E-state index in [1.807, 2.05) is 0 Å². The van der Waals surface area contributed by atoms with Crippen molar-refractivity contribution in [2.45, 2.75) is 19.3 Å². The molecule has 0 fully saturated rings. The first-order valence-corrected chi connectivity index (χ1v) is 12.9. The van der Waals surface area contributed by atoms with Gasteiger partial charge in [0.25, 0.3) is 11.8 Å². The molecule has 0 bridgehead atoms. The molecule has 0 radical (unpaired) electrons. The van der Waals surface area contributed by atoms with Crippen molar-refractivity contribution in [3.8, 4) is 11.3 Å². The highest BCUT2D eigenvalue weighted by molar-refractivity contribution is 6.42. The highest BCUT2D eigenvalue weighted by Gasteiger charge is 2.30. The molecule has 2 amide bonds. The number of H-pyrrole nitrogens is 1. The van der Waals surface area contributed by atoms with E-state index in [1.54, 1.807) is 42.5 Å². The van der Waals surface area contributed by atoms with Crippen LogP contribution in [0.3, 0.4) is 0 Å². The lowest BCUT2D eigenvalue weighted by molar-refractivity contribution is -0.137. The largest absolute Gasteiger partial charge is 0.416 e. The Bertz CT molecular complexity index is 1740. The van der Waals surface area contributed by atoms with E-state index in [9.17, 15) is 22.8 Å². The van der Waals surface area contributed by atoms with E-state index < -0.39 is 17.6 Å². The van der Waals surface area contributed by atoms with Gasteiger partial charge in [0.2, 0.25) is 0 Å². The summed E-state index contributed by atoms with van der Waals surface area (Å²) < 4.78 is 41.0. The van der Waals surface area contributed by atoms with Crippen LogP contribution in [0.4, 0.5) is 18.9 Å². The predicted molar refractivity (Wildman–Crippen MR) is 148 cm³/mol. The topological polar surface area (TPSA) is 130 Å². The van der Waals surface area contributed by atoms with Crippen LogP contribution < -0.4 is 10.6 Å². The summed E-state index contributed by atoms with van der Waals surface area (Å²) in [5, 5.41) is 23.6. The number of tetrazole rings is 1. The Labute approximate surface area is 245 Å². The first-order chi connectivity index (χ1) is 20.1. The Morgan fingerprint density at radius 3 is 2.40 bits per heavy atom. The second-order valence-electron chi connectivity index (χ2n) is 8.94. The van der Waals surface area contributed by atoms with E-state index in [1.165, 1.54) is 22.9 Å². The van der Waals surface area contributed by atoms with Crippen molar-refractivity contribution in [2.24, 2.45) is 0 Å². The zero-order chi connectivity index (χ0) is 29.9. The van der Waals surface area contributed by atoms with E-state index in [4.69, 9.17) is 23.2 Å². The minimum atomic E-state index is -4.57. The molecule has 214 valence electrons. The van der Waals surface area contributed by atoms with Crippen molar-refractivity contribution < 1.29 is 22.8 Å². The number of hydrogen-bond acceptors (Lipinski definition) is 6. The molecule has 0 atom stereocenters. The molecule has 15 heteroatoms. The quantitative estimate of drug-likeness (QED) is 0.208. The molecule has 2 aromatic heterocycles. The van der Waals surface area contributed by atoms with Gasteiger partial charge in [0.05, 0.1) is 34.4 Å². The Morgan fingerprint density at radius 1 is 0.929 bits per heavy atom. The van der Waals surface area contributed by atoms with Crippen molar-refractivity contribution in [3.05, 3.63) is 111 Å². The van der Waals surface area contributed by atoms with Crippen LogP contribution in [0.1, 0.15) is 37.8 Å². The molecule has 2 heterocycles. The molecule has 42 heavy (non-hydrogen) atoms. The number of carbonyl (C=O) groups is 2. The summed E-state index contributed by atoms with van der Waals surface area (Å²) >= 11 is 12.2. The van der Waals surface area contributed by atoms with Gasteiger partial charge >= 0.3 is 6.18 Å². The lowest BCUT2D eigenvalue weighted by Gasteiger charge is -2.11. The van der Waals surface area contributed by atoms with Gasteiger partial charge in [-0.2, -0.15) is 23.5 Å². The molecule has 3 aromatic carbocycles. The molecule has 10 nitrogen and oxygen atoms in total. The van der Waals surface area contributed by atoms with Gasteiger partial charge in [-0.3, -0.25) is 14.3 Å². The summed E-state index contributed by atoms with van der Waals surface area (Å²) in [4.78, 5) is 25.8. The molecule has 0 aliphatic heterocycles. The van der Waals surface area contributed by atoms with Gasteiger partial charge in [-0.05, 0) is 54.1 Å². The number of halogens is 5. The first kappa shape index (κ1) is 28.8. The molecular formula is C27H19Cl2F3N8O2. The van der Waals surface area contributed by atoms with Crippen LogP contribution >= 0.6 is 23.2 Å². The standard InChI is InChI=1S/C27H19Cl2F3N8O2/c28-20-9-8-17(10-21(20)29)22-12-23(26(42)34-19-3-1-2-18(11-19)27(30,31)32)40(37-22)14-15-4-6-16(7-5-15)25(41)33-13-24-35-38-39-36-24/h1-12H,13-14H2,(H,33,41)(H,34,42)(H,35,36,38,39). The number of carbonyl (C=O) groups excluding carboxylic acids is 2. The number of benzene rings is 3. The number of anilines is 1. The molecule has 3 N–H and O–H groups in total. The zero-order valence-corrected chi connectivity index (χ0v) is 22.8. The number of rotatable bonds is 8. The van der Waals surface area contributed by atoms with E-state index in [0.717, 1.165) is 12.1 Å². The first-order valence-electron chi connectivity index (χ1n) is 12.2. The molecule has 5 rings (SSSR count). The smallest absolute Gasteiger partial charge is 0.345 e. The lowest BCUT2D eigenvalue weighted by Crippen LogP contribution is -2.23. The van der Waals surface area contributed by atoms with Crippen LogP contribution in [0.5, 0.6) is 0 Å². The minimum absolute atomic E-state index is 0.0325. The third-order valence-electron chi connectivity index (χ3n) is 6.02. The van der Waals surface area contributed by atoms with Crippen LogP contribution in [0, 0.1) is 0 Å². The molecule has 0 saturated heterocycles. The Kier molecular flexibility index (Phi) is 8.22. The summed E-state index contributed by atoms with van der Waals surface area (Å²) in [5.74, 6) is -0.702. The summed E-state index contributed by atoms with van der Waals surface area (Å²) in [6, 6.07) is 17.3. The third kappa shape index (κ3) is 6.75. The Balaban J connectivity index is 1.40. The summed E-state index contributed by atoms with van der Waals surface area (Å²) in [7, 11) is 0. The minimum Gasteiger partial charge on any atom is -0.345 e. The highest BCUT2D eigenvalue weighted by atomic mass is 35.5. The zero-order valence-electron chi connectivity index (χ0n) is 21.3. The van der Waals surface area contributed by atoms with E-state index in [-0.39, 0.29) is 35.4 Å². The average molecular weight is 615 g/mol. The van der Waals surface area contributed by atoms with Crippen molar-refractivity contribution >= 4 is 40.7 Å². The van der Waals surface area contributed by atoms with Crippen molar-refractivity contribution in [2.75, 3.05) is 5.32 Å². The number of alkyl halides is 3. The second kappa shape index (κ2) is 12.0. The van der Waals surface area contributed by atoms with Gasteiger partial charge in [-0.1, -0.05) is 52.7 Å². The molecule has 0 saturated carbocycles. The van der Waals surface area contributed by atoms with Gasteiger partial charge in [0.15, 0.2) is 5.82 Å². The lowest BCUT2D eigenvalue weighted by atomic mass is 10.1. The monoisotopic (exact) mass is 614 g/mol. The normalized spacial score (nSPS) is 11.4. The van der Waals surface area contributed by atoms with Gasteiger partial charge in [0, 0.05) is 16.8 Å². The maximum Gasteiger partial charge on any atom is 0.416 e. The third-order valence-corrected chi connectivity index (χ3v) is 6.76. The Morgan fingerprint density at radius 2 is 1.71 bits per heavy atom. The number of amides is 2. The van der Waals surface area contributed by atoms with Crippen LogP contribution in [0.25, 0.3) is 11.3 Å². The van der Waals surface area contributed by atoms with Crippen molar-refractivity contribution in [3.63, 3.8) is 0 Å². The second-order valence-corrected chi connectivity index (χ2v) is 9.76. The SMILES string of the molecule is O=C(NCc1nn[nH]n1)c1ccc(Cn2nc(-c3ccc(Cl)c(Cl)c3)cc2C(=O)Nc2cccc(C(F)(F)F)c2)cc1. The summed E-state index contributed by atoms with van der Waals surface area (Å²) in [6.45, 7) is 0.198. The average Bonchev–Trinajstić information content (AvgIpc) is 3.64. The van der Waals surface area contributed by atoms with Gasteiger partial charge in [-0.25, -0.2) is 0 Å². The maximum atomic E-state index is 13.3. The number of aromatic nitrogens is 6. The molecule has 0 aliphatic carbocycles. The predicted octanol–water partition coefficient (Wildman–Crippen LogP) is 5.62. The highest BCUT2D eigenvalue weighted by Crippen LogP contribution is 2.31. The van der Waals surface area contributed by atoms with Crippen LogP contribution in [-0.4, -0.2) is 42.2 Å². The van der Waals surface area contributed by atoms with E-state index in [0.29, 0.717) is 33.2 Å². The van der Waals surface area contributed by atoms with Crippen LogP contribution in [0.15, 0.2) is 72.8 Å². The van der Waals surface area contributed by atoms with Crippen molar-refractivity contribution in [1.29, 1.82) is 0 Å². The molecule has 0 spiro atoms. The summed E-state index contributed by atoms with van der Waals surface area (Å²) in [5.41, 5.74) is 1.19. The number of aromatic amines is 1. The molecule has 5 aromatic rings. The number of hydrogen-bond donors (Lipinski definition) is 3.